The number of hydrogen-bond acceptors (Lipinski definition) is 2. The largest absolute Gasteiger partial charge is 0.395 e. The second kappa shape index (κ2) is 5.87. The summed E-state index contributed by atoms with van der Waals surface area (Å²) in [6.45, 7) is 4.66. The van der Waals surface area contributed by atoms with Gasteiger partial charge < -0.3 is 10.0 Å². The number of carbonyl (C=O) groups excluding carboxylic acids is 1. The van der Waals surface area contributed by atoms with Gasteiger partial charge in [0.1, 0.15) is 0 Å². The fourth-order valence-electron chi connectivity index (χ4n) is 1.43. The molecule has 0 aliphatic carbocycles. The van der Waals surface area contributed by atoms with Crippen molar-refractivity contribution >= 4 is 17.5 Å². The number of hydrogen-bond donors (Lipinski definition) is 1. The molecule has 0 aliphatic heterocycles. The second-order valence-electron chi connectivity index (χ2n) is 3.57. The smallest absolute Gasteiger partial charge is 0.253 e. The van der Waals surface area contributed by atoms with Gasteiger partial charge >= 0.3 is 0 Å². The quantitative estimate of drug-likeness (QED) is 0.877. The Kier molecular flexibility index (Phi) is 4.77. The SMILES string of the molecule is CCN(CCO)C(=O)c1ccc(C)c(Cl)c1. The van der Waals surface area contributed by atoms with Crippen LogP contribution in [-0.2, 0) is 0 Å². The summed E-state index contributed by atoms with van der Waals surface area (Å²) in [5, 5.41) is 9.43. The summed E-state index contributed by atoms with van der Waals surface area (Å²) in [6, 6.07) is 5.24. The molecule has 0 atom stereocenters. The normalized spacial score (nSPS) is 10.2. The first kappa shape index (κ1) is 13.0. The Bertz CT molecular complexity index is 379. The third kappa shape index (κ3) is 2.97. The third-order valence-electron chi connectivity index (χ3n) is 2.46. The molecule has 1 N–H and O–H groups in total. The molecule has 1 amide bonds. The first-order valence-electron chi connectivity index (χ1n) is 5.26. The van der Waals surface area contributed by atoms with Gasteiger partial charge in [0.15, 0.2) is 0 Å². The summed E-state index contributed by atoms with van der Waals surface area (Å²) in [7, 11) is 0. The maximum atomic E-state index is 12.0. The van der Waals surface area contributed by atoms with E-state index < -0.39 is 0 Å². The van der Waals surface area contributed by atoms with E-state index in [2.05, 4.69) is 0 Å². The van der Waals surface area contributed by atoms with Crippen LogP contribution >= 0.6 is 11.6 Å². The van der Waals surface area contributed by atoms with Crippen molar-refractivity contribution in [1.29, 1.82) is 0 Å². The van der Waals surface area contributed by atoms with Gasteiger partial charge in [0.05, 0.1) is 6.61 Å². The Morgan fingerprint density at radius 1 is 1.50 bits per heavy atom. The molecular weight excluding hydrogens is 226 g/mol. The number of halogens is 1. The highest BCUT2D eigenvalue weighted by Crippen LogP contribution is 2.17. The number of aryl methyl sites for hydroxylation is 1. The number of carbonyl (C=O) groups is 1. The minimum atomic E-state index is -0.0987. The molecule has 3 nitrogen and oxygen atoms in total. The van der Waals surface area contributed by atoms with Crippen molar-refractivity contribution in [3.05, 3.63) is 34.3 Å². The fraction of sp³-hybridized carbons (Fsp3) is 0.417. The summed E-state index contributed by atoms with van der Waals surface area (Å²) in [5.41, 5.74) is 1.51. The van der Waals surface area contributed by atoms with Gasteiger partial charge in [-0.1, -0.05) is 17.7 Å². The van der Waals surface area contributed by atoms with Crippen molar-refractivity contribution in [2.24, 2.45) is 0 Å². The van der Waals surface area contributed by atoms with E-state index in [0.29, 0.717) is 23.7 Å². The standard InChI is InChI=1S/C12H16ClNO2/c1-3-14(6-7-15)12(16)10-5-4-9(2)11(13)8-10/h4-5,8,15H,3,6-7H2,1-2H3. The first-order chi connectivity index (χ1) is 7.60. The van der Waals surface area contributed by atoms with Crippen LogP contribution in [0.15, 0.2) is 18.2 Å². The third-order valence-corrected chi connectivity index (χ3v) is 2.86. The van der Waals surface area contributed by atoms with E-state index in [1.165, 1.54) is 0 Å². The van der Waals surface area contributed by atoms with E-state index in [0.717, 1.165) is 5.56 Å². The Morgan fingerprint density at radius 3 is 2.69 bits per heavy atom. The highest BCUT2D eigenvalue weighted by atomic mass is 35.5. The zero-order valence-corrected chi connectivity index (χ0v) is 10.3. The van der Waals surface area contributed by atoms with Gasteiger partial charge in [-0.15, -0.1) is 0 Å². The van der Waals surface area contributed by atoms with Gasteiger partial charge in [0, 0.05) is 23.7 Å². The minimum absolute atomic E-state index is 0.0286. The van der Waals surface area contributed by atoms with E-state index in [1.54, 1.807) is 17.0 Å². The van der Waals surface area contributed by atoms with Gasteiger partial charge in [-0.2, -0.15) is 0 Å². The topological polar surface area (TPSA) is 40.5 Å². The molecule has 0 fully saturated rings. The molecule has 4 heteroatoms. The van der Waals surface area contributed by atoms with Crippen molar-refractivity contribution in [3.63, 3.8) is 0 Å². The second-order valence-corrected chi connectivity index (χ2v) is 3.98. The highest BCUT2D eigenvalue weighted by Gasteiger charge is 2.14. The molecule has 1 aromatic carbocycles. The number of aliphatic hydroxyl groups is 1. The van der Waals surface area contributed by atoms with E-state index in [9.17, 15) is 4.79 Å². The van der Waals surface area contributed by atoms with Gasteiger partial charge in [0.25, 0.3) is 5.91 Å². The maximum Gasteiger partial charge on any atom is 0.253 e. The van der Waals surface area contributed by atoms with Crippen LogP contribution in [0, 0.1) is 6.92 Å². The maximum absolute atomic E-state index is 12.0. The van der Waals surface area contributed by atoms with Gasteiger partial charge in [-0.3, -0.25) is 4.79 Å². The molecule has 0 aromatic heterocycles. The molecule has 16 heavy (non-hydrogen) atoms. The Hall–Kier alpha value is -1.06. The average molecular weight is 242 g/mol. The Morgan fingerprint density at radius 2 is 2.19 bits per heavy atom. The zero-order chi connectivity index (χ0) is 12.1. The van der Waals surface area contributed by atoms with Gasteiger partial charge in [-0.05, 0) is 31.5 Å². The summed E-state index contributed by atoms with van der Waals surface area (Å²) in [5.74, 6) is -0.0987. The van der Waals surface area contributed by atoms with Crippen LogP contribution in [0.4, 0.5) is 0 Å². The van der Waals surface area contributed by atoms with Crippen LogP contribution in [0.1, 0.15) is 22.8 Å². The van der Waals surface area contributed by atoms with Crippen molar-refractivity contribution in [2.75, 3.05) is 19.7 Å². The predicted octanol–water partition coefficient (Wildman–Crippen LogP) is 2.10. The Balaban J connectivity index is 2.90. The Labute approximate surface area is 101 Å². The van der Waals surface area contributed by atoms with E-state index in [-0.39, 0.29) is 12.5 Å². The molecule has 0 saturated heterocycles. The molecule has 1 rings (SSSR count). The fourth-order valence-corrected chi connectivity index (χ4v) is 1.61. The molecule has 0 unspecified atom stereocenters. The molecular formula is C12H16ClNO2. The monoisotopic (exact) mass is 241 g/mol. The summed E-state index contributed by atoms with van der Waals surface area (Å²) in [4.78, 5) is 13.6. The highest BCUT2D eigenvalue weighted by molar-refractivity contribution is 6.31. The summed E-state index contributed by atoms with van der Waals surface area (Å²) >= 11 is 5.96. The van der Waals surface area contributed by atoms with Crippen LogP contribution < -0.4 is 0 Å². The van der Waals surface area contributed by atoms with Crippen LogP contribution in [0.3, 0.4) is 0 Å². The molecule has 0 radical (unpaired) electrons. The molecule has 0 aliphatic rings. The lowest BCUT2D eigenvalue weighted by Gasteiger charge is -2.19. The van der Waals surface area contributed by atoms with E-state index in [4.69, 9.17) is 16.7 Å². The number of nitrogens with zero attached hydrogens (tertiary/aromatic N) is 1. The molecule has 0 saturated carbocycles. The molecule has 0 heterocycles. The number of benzene rings is 1. The lowest BCUT2D eigenvalue weighted by Crippen LogP contribution is -2.33. The summed E-state index contributed by atoms with van der Waals surface area (Å²) in [6.07, 6.45) is 0. The van der Waals surface area contributed by atoms with Gasteiger partial charge in [-0.25, -0.2) is 0 Å². The number of aliphatic hydroxyl groups excluding tert-OH is 1. The predicted molar refractivity (Wildman–Crippen MR) is 64.9 cm³/mol. The van der Waals surface area contributed by atoms with Crippen LogP contribution in [0.2, 0.25) is 5.02 Å². The number of rotatable bonds is 4. The van der Waals surface area contributed by atoms with Crippen LogP contribution in [-0.4, -0.2) is 35.6 Å². The molecule has 0 bridgehead atoms. The van der Waals surface area contributed by atoms with Gasteiger partial charge in [0.2, 0.25) is 0 Å². The lowest BCUT2D eigenvalue weighted by atomic mass is 10.1. The molecule has 0 spiro atoms. The number of likely N-dealkylation sites (N-methyl/N-ethyl adjacent to an activating group) is 1. The van der Waals surface area contributed by atoms with Crippen molar-refractivity contribution in [1.82, 2.24) is 4.90 Å². The zero-order valence-electron chi connectivity index (χ0n) is 9.53. The van der Waals surface area contributed by atoms with E-state index >= 15 is 0 Å². The van der Waals surface area contributed by atoms with E-state index in [1.807, 2.05) is 19.9 Å². The number of amides is 1. The van der Waals surface area contributed by atoms with Crippen molar-refractivity contribution in [3.8, 4) is 0 Å². The van der Waals surface area contributed by atoms with Crippen LogP contribution in [0.5, 0.6) is 0 Å². The lowest BCUT2D eigenvalue weighted by molar-refractivity contribution is 0.0732. The van der Waals surface area contributed by atoms with Crippen molar-refractivity contribution < 1.29 is 9.90 Å². The molecule has 1 aromatic rings. The average Bonchev–Trinajstić information content (AvgIpc) is 2.28. The van der Waals surface area contributed by atoms with Crippen LogP contribution in [0.25, 0.3) is 0 Å². The minimum Gasteiger partial charge on any atom is -0.395 e. The first-order valence-corrected chi connectivity index (χ1v) is 5.64. The van der Waals surface area contributed by atoms with Crippen molar-refractivity contribution in [2.45, 2.75) is 13.8 Å². The summed E-state index contributed by atoms with van der Waals surface area (Å²) < 4.78 is 0. The molecule has 88 valence electrons.